The third kappa shape index (κ3) is 4.49. The summed E-state index contributed by atoms with van der Waals surface area (Å²) in [4.78, 5) is 14.7. The molecule has 1 saturated carbocycles. The second-order valence-corrected chi connectivity index (χ2v) is 9.49. The molecule has 0 radical (unpaired) electrons. The Hall–Kier alpha value is -0.0200. The summed E-state index contributed by atoms with van der Waals surface area (Å²) in [6.45, 7) is 12.6. The SMILES string of the molecule is CC1(C)CCC(=O)C(CN2CCSC(C)(C)CC2)C1. The Morgan fingerprint density at radius 3 is 2.68 bits per heavy atom. The molecule has 0 spiro atoms. The number of rotatable bonds is 2. The van der Waals surface area contributed by atoms with Crippen molar-refractivity contribution in [2.24, 2.45) is 11.3 Å². The van der Waals surface area contributed by atoms with Gasteiger partial charge in [-0.15, -0.1) is 0 Å². The number of hydrogen-bond donors (Lipinski definition) is 0. The van der Waals surface area contributed by atoms with Crippen molar-refractivity contribution in [3.05, 3.63) is 0 Å². The van der Waals surface area contributed by atoms with Crippen LogP contribution in [0.2, 0.25) is 0 Å². The summed E-state index contributed by atoms with van der Waals surface area (Å²) in [5.74, 6) is 2.00. The van der Waals surface area contributed by atoms with Gasteiger partial charge in [0.05, 0.1) is 0 Å². The summed E-state index contributed by atoms with van der Waals surface area (Å²) < 4.78 is 0.407. The predicted octanol–water partition coefficient (Wildman–Crippen LogP) is 3.60. The Balaban J connectivity index is 1.91. The number of Topliss-reactive ketones (excluding diaryl/α,β-unsaturated/α-hetero) is 1. The highest BCUT2D eigenvalue weighted by atomic mass is 32.2. The van der Waals surface area contributed by atoms with E-state index in [0.29, 0.717) is 15.9 Å². The lowest BCUT2D eigenvalue weighted by molar-refractivity contribution is -0.127. The maximum atomic E-state index is 12.1. The molecule has 1 heterocycles. The average Bonchev–Trinajstić information content (AvgIpc) is 2.46. The van der Waals surface area contributed by atoms with Gasteiger partial charge in [0.25, 0.3) is 0 Å². The summed E-state index contributed by atoms with van der Waals surface area (Å²) in [7, 11) is 0. The van der Waals surface area contributed by atoms with Gasteiger partial charge in [-0.2, -0.15) is 11.8 Å². The zero-order chi connectivity index (χ0) is 14.1. The first kappa shape index (κ1) is 15.4. The van der Waals surface area contributed by atoms with Gasteiger partial charge < -0.3 is 4.90 Å². The average molecular weight is 283 g/mol. The molecule has 1 unspecified atom stereocenters. The number of nitrogens with zero attached hydrogens (tertiary/aromatic N) is 1. The minimum atomic E-state index is 0.287. The second-order valence-electron chi connectivity index (χ2n) is 7.69. The number of ketones is 1. The maximum Gasteiger partial charge on any atom is 0.137 e. The number of carbonyl (C=O) groups is 1. The van der Waals surface area contributed by atoms with Crippen LogP contribution < -0.4 is 0 Å². The zero-order valence-corrected chi connectivity index (χ0v) is 13.8. The van der Waals surface area contributed by atoms with Crippen LogP contribution in [-0.4, -0.2) is 40.8 Å². The van der Waals surface area contributed by atoms with E-state index in [1.54, 1.807) is 0 Å². The maximum absolute atomic E-state index is 12.1. The van der Waals surface area contributed by atoms with E-state index in [1.807, 2.05) is 0 Å². The summed E-state index contributed by atoms with van der Waals surface area (Å²) >= 11 is 2.08. The smallest absolute Gasteiger partial charge is 0.137 e. The number of carbonyl (C=O) groups excluding carboxylic acids is 1. The lowest BCUT2D eigenvalue weighted by Crippen LogP contribution is -2.40. The molecule has 1 saturated heterocycles. The molecule has 2 fully saturated rings. The van der Waals surface area contributed by atoms with Crippen LogP contribution in [-0.2, 0) is 4.79 Å². The van der Waals surface area contributed by atoms with Gasteiger partial charge in [0.15, 0.2) is 0 Å². The topological polar surface area (TPSA) is 20.3 Å². The molecule has 0 aromatic heterocycles. The highest BCUT2D eigenvalue weighted by molar-refractivity contribution is 8.00. The van der Waals surface area contributed by atoms with Crippen LogP contribution in [0.25, 0.3) is 0 Å². The van der Waals surface area contributed by atoms with Crippen LogP contribution in [0.4, 0.5) is 0 Å². The number of hydrogen-bond acceptors (Lipinski definition) is 3. The lowest BCUT2D eigenvalue weighted by atomic mass is 9.71. The number of thioether (sulfide) groups is 1. The van der Waals surface area contributed by atoms with E-state index in [9.17, 15) is 4.79 Å². The van der Waals surface area contributed by atoms with Crippen LogP contribution in [0.15, 0.2) is 0 Å². The van der Waals surface area contributed by atoms with Gasteiger partial charge in [-0.3, -0.25) is 4.79 Å². The Kier molecular flexibility index (Phi) is 4.67. The van der Waals surface area contributed by atoms with Crippen molar-refractivity contribution in [3.63, 3.8) is 0 Å². The van der Waals surface area contributed by atoms with Gasteiger partial charge in [-0.25, -0.2) is 0 Å². The third-order valence-corrected chi connectivity index (χ3v) is 6.08. The summed E-state index contributed by atoms with van der Waals surface area (Å²) in [6.07, 6.45) is 4.19. The molecule has 1 aliphatic heterocycles. The molecule has 0 amide bonds. The third-order valence-electron chi connectivity index (χ3n) is 4.71. The Morgan fingerprint density at radius 1 is 1.21 bits per heavy atom. The lowest BCUT2D eigenvalue weighted by Gasteiger charge is -2.36. The van der Waals surface area contributed by atoms with E-state index in [4.69, 9.17) is 0 Å². The first-order valence-corrected chi connectivity index (χ1v) is 8.65. The van der Waals surface area contributed by atoms with Crippen molar-refractivity contribution in [1.82, 2.24) is 4.90 Å². The Bertz CT molecular complexity index is 338. The van der Waals surface area contributed by atoms with Gasteiger partial charge in [0, 0.05) is 35.9 Å². The largest absolute Gasteiger partial charge is 0.302 e. The first-order chi connectivity index (χ1) is 8.77. The normalized spacial score (nSPS) is 32.0. The van der Waals surface area contributed by atoms with Gasteiger partial charge in [0.2, 0.25) is 0 Å². The van der Waals surface area contributed by atoms with Gasteiger partial charge in [-0.05, 0) is 31.2 Å². The van der Waals surface area contributed by atoms with E-state index in [1.165, 1.54) is 12.2 Å². The highest BCUT2D eigenvalue weighted by Gasteiger charge is 2.35. The van der Waals surface area contributed by atoms with E-state index < -0.39 is 0 Å². The molecule has 3 heteroatoms. The first-order valence-electron chi connectivity index (χ1n) is 7.66. The Morgan fingerprint density at radius 2 is 1.95 bits per heavy atom. The van der Waals surface area contributed by atoms with Crippen LogP contribution in [0, 0.1) is 11.3 Å². The van der Waals surface area contributed by atoms with Crippen LogP contribution in [0.5, 0.6) is 0 Å². The van der Waals surface area contributed by atoms with E-state index in [2.05, 4.69) is 44.4 Å². The standard InChI is InChI=1S/C16H29NOS/c1-15(2)6-5-14(18)13(11-15)12-17-8-7-16(3,4)19-10-9-17/h13H,5-12H2,1-4H3. The van der Waals surface area contributed by atoms with Crippen molar-refractivity contribution in [1.29, 1.82) is 0 Å². The monoisotopic (exact) mass is 283 g/mol. The fourth-order valence-corrected chi connectivity index (χ4v) is 4.41. The van der Waals surface area contributed by atoms with Crippen molar-refractivity contribution in [3.8, 4) is 0 Å². The predicted molar refractivity (Wildman–Crippen MR) is 83.7 cm³/mol. The second kappa shape index (κ2) is 5.77. The van der Waals surface area contributed by atoms with E-state index in [0.717, 1.165) is 38.9 Å². The molecule has 0 bridgehead atoms. The summed E-state index contributed by atoms with van der Waals surface area (Å²) in [6, 6.07) is 0. The molecule has 0 aromatic carbocycles. The summed E-state index contributed by atoms with van der Waals surface area (Å²) in [5, 5.41) is 0. The minimum Gasteiger partial charge on any atom is -0.302 e. The van der Waals surface area contributed by atoms with Gasteiger partial charge >= 0.3 is 0 Å². The minimum absolute atomic E-state index is 0.287. The zero-order valence-electron chi connectivity index (χ0n) is 13.0. The summed E-state index contributed by atoms with van der Waals surface area (Å²) in [5.41, 5.74) is 0.360. The molecule has 2 nitrogen and oxygen atoms in total. The molecule has 2 rings (SSSR count). The van der Waals surface area contributed by atoms with Crippen LogP contribution in [0.3, 0.4) is 0 Å². The van der Waals surface area contributed by atoms with Crippen molar-refractivity contribution in [2.75, 3.05) is 25.4 Å². The van der Waals surface area contributed by atoms with Gasteiger partial charge in [-0.1, -0.05) is 27.7 Å². The van der Waals surface area contributed by atoms with Crippen molar-refractivity contribution in [2.45, 2.75) is 58.1 Å². The van der Waals surface area contributed by atoms with Crippen LogP contribution >= 0.6 is 11.8 Å². The molecule has 19 heavy (non-hydrogen) atoms. The molecule has 1 atom stereocenters. The van der Waals surface area contributed by atoms with E-state index >= 15 is 0 Å². The van der Waals surface area contributed by atoms with Gasteiger partial charge in [0.1, 0.15) is 5.78 Å². The molecule has 1 aliphatic carbocycles. The van der Waals surface area contributed by atoms with E-state index in [-0.39, 0.29) is 5.92 Å². The molecule has 0 N–H and O–H groups in total. The van der Waals surface area contributed by atoms with Crippen molar-refractivity contribution >= 4 is 17.5 Å². The van der Waals surface area contributed by atoms with Crippen molar-refractivity contribution < 1.29 is 4.79 Å². The quantitative estimate of drug-likeness (QED) is 0.772. The molecule has 0 aromatic rings. The highest BCUT2D eigenvalue weighted by Crippen LogP contribution is 2.38. The molecular weight excluding hydrogens is 254 g/mol. The fraction of sp³-hybridized carbons (Fsp3) is 0.938. The van der Waals surface area contributed by atoms with Crippen LogP contribution in [0.1, 0.15) is 53.4 Å². The fourth-order valence-electron chi connectivity index (χ4n) is 3.27. The molecular formula is C16H29NOS. The molecule has 110 valence electrons. The Labute approximate surface area is 122 Å². The molecule has 2 aliphatic rings.